The second-order valence-corrected chi connectivity index (χ2v) is 6.16. The molecule has 1 amide bonds. The summed E-state index contributed by atoms with van der Waals surface area (Å²) in [6, 6.07) is 5.43. The van der Waals surface area contributed by atoms with Crippen molar-refractivity contribution >= 4 is 29.3 Å². The molecule has 1 aliphatic heterocycles. The van der Waals surface area contributed by atoms with Crippen LogP contribution >= 0.6 is 11.3 Å². The van der Waals surface area contributed by atoms with Crippen LogP contribution in [0.25, 0.3) is 17.7 Å². The van der Waals surface area contributed by atoms with E-state index in [0.29, 0.717) is 17.2 Å². The summed E-state index contributed by atoms with van der Waals surface area (Å²) in [4.78, 5) is 16.2. The van der Waals surface area contributed by atoms with Crippen molar-refractivity contribution in [1.82, 2.24) is 15.2 Å². The highest BCUT2D eigenvalue weighted by Crippen LogP contribution is 2.32. The van der Waals surface area contributed by atoms with Crippen LogP contribution in [0, 0.1) is 6.92 Å². The molecule has 0 fully saturated rings. The predicted molar refractivity (Wildman–Crippen MR) is 90.4 cm³/mol. The van der Waals surface area contributed by atoms with E-state index in [1.807, 2.05) is 18.4 Å². The van der Waals surface area contributed by atoms with E-state index in [1.54, 1.807) is 18.2 Å². The second kappa shape index (κ2) is 6.36. The highest BCUT2D eigenvalue weighted by atomic mass is 32.1. The Bertz CT molecular complexity index is 963. The van der Waals surface area contributed by atoms with Gasteiger partial charge in [-0.2, -0.15) is 0 Å². The quantitative estimate of drug-likeness (QED) is 0.718. The number of nitrogens with zero attached hydrogens (tertiary/aromatic N) is 3. The van der Waals surface area contributed by atoms with Crippen molar-refractivity contribution in [3.05, 3.63) is 40.2 Å². The molecule has 126 valence electrons. The van der Waals surface area contributed by atoms with Crippen molar-refractivity contribution in [3.8, 4) is 23.1 Å². The zero-order chi connectivity index (χ0) is 17.2. The molecule has 0 saturated heterocycles. The van der Waals surface area contributed by atoms with Crippen LogP contribution in [0.3, 0.4) is 0 Å². The summed E-state index contributed by atoms with van der Waals surface area (Å²) >= 11 is 1.48. The average Bonchev–Trinajstić information content (AvgIpc) is 3.32. The number of benzene rings is 1. The zero-order valence-corrected chi connectivity index (χ0v) is 13.9. The van der Waals surface area contributed by atoms with Gasteiger partial charge < -0.3 is 13.9 Å². The smallest absolute Gasteiger partial charge is 0.322 e. The maximum absolute atomic E-state index is 12.0. The van der Waals surface area contributed by atoms with Crippen LogP contribution in [0.5, 0.6) is 11.5 Å². The van der Waals surface area contributed by atoms with Gasteiger partial charge in [-0.1, -0.05) is 11.2 Å². The average molecular weight is 356 g/mol. The zero-order valence-electron chi connectivity index (χ0n) is 13.1. The Morgan fingerprint density at radius 1 is 1.28 bits per heavy atom. The summed E-state index contributed by atoms with van der Waals surface area (Å²) in [7, 11) is 0. The molecule has 25 heavy (non-hydrogen) atoms. The summed E-state index contributed by atoms with van der Waals surface area (Å²) in [6.07, 6.45) is 3.02. The Hall–Kier alpha value is -3.20. The fourth-order valence-electron chi connectivity index (χ4n) is 2.17. The molecule has 8 nitrogen and oxygen atoms in total. The molecule has 4 rings (SSSR count). The molecule has 3 aromatic rings. The van der Waals surface area contributed by atoms with Crippen LogP contribution in [0.4, 0.5) is 6.01 Å². The van der Waals surface area contributed by atoms with Gasteiger partial charge >= 0.3 is 6.01 Å². The lowest BCUT2D eigenvalue weighted by Crippen LogP contribution is -2.07. The van der Waals surface area contributed by atoms with Crippen molar-refractivity contribution < 1.29 is 18.7 Å². The highest BCUT2D eigenvalue weighted by molar-refractivity contribution is 7.09. The Morgan fingerprint density at radius 3 is 3.00 bits per heavy atom. The fourth-order valence-corrected chi connectivity index (χ4v) is 2.76. The molecule has 3 heterocycles. The van der Waals surface area contributed by atoms with Crippen molar-refractivity contribution in [3.63, 3.8) is 0 Å². The molecular formula is C16H12N4O4S. The molecule has 0 aliphatic carbocycles. The van der Waals surface area contributed by atoms with E-state index in [1.165, 1.54) is 17.4 Å². The summed E-state index contributed by atoms with van der Waals surface area (Å²) in [5.41, 5.74) is 1.40. The van der Waals surface area contributed by atoms with E-state index in [2.05, 4.69) is 20.5 Å². The normalized spacial score (nSPS) is 12.7. The molecule has 0 atom stereocenters. The largest absolute Gasteiger partial charge is 0.454 e. The van der Waals surface area contributed by atoms with Gasteiger partial charge in [0.25, 0.3) is 11.8 Å². The number of aryl methyl sites for hydroxylation is 1. The maximum Gasteiger partial charge on any atom is 0.322 e. The van der Waals surface area contributed by atoms with Crippen LogP contribution in [-0.2, 0) is 4.79 Å². The highest BCUT2D eigenvalue weighted by Gasteiger charge is 2.14. The van der Waals surface area contributed by atoms with Crippen LogP contribution in [0.2, 0.25) is 0 Å². The molecule has 9 heteroatoms. The number of fused-ring (bicyclic) bond motifs is 1. The first-order valence-corrected chi connectivity index (χ1v) is 8.20. The number of anilines is 1. The van der Waals surface area contributed by atoms with Crippen LogP contribution in [0.15, 0.2) is 34.1 Å². The minimum atomic E-state index is -0.387. The van der Waals surface area contributed by atoms with Gasteiger partial charge in [0, 0.05) is 11.5 Å². The van der Waals surface area contributed by atoms with Gasteiger partial charge in [0.05, 0.1) is 5.01 Å². The van der Waals surface area contributed by atoms with Crippen molar-refractivity contribution in [2.45, 2.75) is 6.92 Å². The molecule has 0 unspecified atom stereocenters. The van der Waals surface area contributed by atoms with Gasteiger partial charge in [0.2, 0.25) is 6.79 Å². The molecule has 0 radical (unpaired) electrons. The Balaban J connectivity index is 1.41. The molecule has 1 N–H and O–H groups in total. The molecule has 1 aromatic carbocycles. The number of rotatable bonds is 4. The Kier molecular flexibility index (Phi) is 3.90. The van der Waals surface area contributed by atoms with E-state index in [-0.39, 0.29) is 24.6 Å². The molecule has 0 spiro atoms. The summed E-state index contributed by atoms with van der Waals surface area (Å²) in [5.74, 6) is 1.22. The number of nitrogens with one attached hydrogen (secondary N) is 1. The lowest BCUT2D eigenvalue weighted by molar-refractivity contribution is -0.112. The van der Waals surface area contributed by atoms with Gasteiger partial charge in [-0.25, -0.2) is 4.98 Å². The molecule has 2 aromatic heterocycles. The number of hydrogen-bond acceptors (Lipinski definition) is 8. The van der Waals surface area contributed by atoms with E-state index in [9.17, 15) is 4.79 Å². The number of hydrogen-bond donors (Lipinski definition) is 1. The lowest BCUT2D eigenvalue weighted by atomic mass is 10.2. The third-order valence-corrected chi connectivity index (χ3v) is 4.09. The van der Waals surface area contributed by atoms with Crippen LogP contribution in [0.1, 0.15) is 10.6 Å². The first kappa shape index (κ1) is 15.3. The molecular weight excluding hydrogens is 344 g/mol. The number of carbonyl (C=O) groups is 1. The summed E-state index contributed by atoms with van der Waals surface area (Å²) in [5, 5.41) is 12.9. The first-order valence-electron chi connectivity index (χ1n) is 7.32. The van der Waals surface area contributed by atoms with Gasteiger partial charge in [-0.15, -0.1) is 16.4 Å². The minimum Gasteiger partial charge on any atom is -0.454 e. The van der Waals surface area contributed by atoms with Crippen molar-refractivity contribution in [2.24, 2.45) is 0 Å². The second-order valence-electron chi connectivity index (χ2n) is 5.10. The summed E-state index contributed by atoms with van der Waals surface area (Å²) in [6.45, 7) is 2.09. The SMILES string of the molecule is Cc1nc(-c2nnc(NC(=O)/C=C/c3ccc4c(c3)OCO4)o2)cs1. The van der Waals surface area contributed by atoms with E-state index >= 15 is 0 Å². The van der Waals surface area contributed by atoms with E-state index in [4.69, 9.17) is 13.9 Å². The Labute approximate surface area is 146 Å². The molecule has 1 aliphatic rings. The topological polar surface area (TPSA) is 99.4 Å². The number of amides is 1. The van der Waals surface area contributed by atoms with Crippen LogP contribution < -0.4 is 14.8 Å². The van der Waals surface area contributed by atoms with Gasteiger partial charge in [0.15, 0.2) is 11.5 Å². The van der Waals surface area contributed by atoms with Crippen molar-refractivity contribution in [1.29, 1.82) is 0 Å². The minimum absolute atomic E-state index is 0.0148. The number of ether oxygens (including phenoxy) is 2. The third-order valence-electron chi connectivity index (χ3n) is 3.32. The number of aromatic nitrogens is 3. The predicted octanol–water partition coefficient (Wildman–Crippen LogP) is 2.88. The Morgan fingerprint density at radius 2 is 2.16 bits per heavy atom. The van der Waals surface area contributed by atoms with Crippen molar-refractivity contribution in [2.75, 3.05) is 12.1 Å². The van der Waals surface area contributed by atoms with E-state index in [0.717, 1.165) is 10.6 Å². The summed E-state index contributed by atoms with van der Waals surface area (Å²) < 4.78 is 15.9. The third kappa shape index (κ3) is 3.36. The number of thiazole rings is 1. The van der Waals surface area contributed by atoms with E-state index < -0.39 is 0 Å². The number of carbonyl (C=O) groups excluding carboxylic acids is 1. The van der Waals surface area contributed by atoms with Gasteiger partial charge in [-0.3, -0.25) is 10.1 Å². The maximum atomic E-state index is 12.0. The fraction of sp³-hybridized carbons (Fsp3) is 0.125. The molecule has 0 bridgehead atoms. The first-order chi connectivity index (χ1) is 12.2. The van der Waals surface area contributed by atoms with Gasteiger partial charge in [-0.05, 0) is 30.7 Å². The van der Waals surface area contributed by atoms with Crippen LogP contribution in [-0.4, -0.2) is 27.9 Å². The standard InChI is InChI=1S/C16H12N4O4S/c1-9-17-11(7-25-9)15-19-20-16(24-15)18-14(21)5-3-10-2-4-12-13(6-10)23-8-22-12/h2-7H,8H2,1H3,(H,18,20,21)/b5-3+. The monoisotopic (exact) mass is 356 g/mol. The molecule has 0 saturated carbocycles. The van der Waals surface area contributed by atoms with Gasteiger partial charge in [0.1, 0.15) is 5.69 Å². The lowest BCUT2D eigenvalue weighted by Gasteiger charge is -1.98.